The van der Waals surface area contributed by atoms with Crippen molar-refractivity contribution in [2.75, 3.05) is 5.32 Å². The fourth-order valence-electron chi connectivity index (χ4n) is 2.35. The van der Waals surface area contributed by atoms with Crippen LogP contribution in [0.4, 0.5) is 5.69 Å². The number of oxime groups is 1. The zero-order valence-corrected chi connectivity index (χ0v) is 12.3. The lowest BCUT2D eigenvalue weighted by atomic mass is 10.1. The molecule has 0 bridgehead atoms. The molecule has 1 aliphatic rings. The van der Waals surface area contributed by atoms with Gasteiger partial charge in [-0.1, -0.05) is 35.5 Å². The summed E-state index contributed by atoms with van der Waals surface area (Å²) in [5.41, 5.74) is 8.13. The average molecular weight is 309 g/mol. The van der Waals surface area contributed by atoms with Crippen molar-refractivity contribution in [2.24, 2.45) is 10.9 Å². The van der Waals surface area contributed by atoms with Crippen molar-refractivity contribution in [1.82, 2.24) is 0 Å². The molecule has 6 nitrogen and oxygen atoms in total. The van der Waals surface area contributed by atoms with Gasteiger partial charge in [-0.2, -0.15) is 0 Å². The zero-order chi connectivity index (χ0) is 16.2. The quantitative estimate of drug-likeness (QED) is 0.652. The molecule has 0 aromatic heterocycles. The Hall–Kier alpha value is -3.15. The first-order valence-corrected chi connectivity index (χ1v) is 7.12. The lowest BCUT2D eigenvalue weighted by Crippen LogP contribution is -2.17. The van der Waals surface area contributed by atoms with E-state index in [1.807, 2.05) is 30.3 Å². The molecule has 2 aromatic carbocycles. The number of hydrogen-bond acceptors (Lipinski definition) is 4. The normalized spacial score (nSPS) is 13.4. The Morgan fingerprint density at radius 2 is 2.00 bits per heavy atom. The lowest BCUT2D eigenvalue weighted by molar-refractivity contribution is -0.117. The van der Waals surface area contributed by atoms with Gasteiger partial charge in [0.1, 0.15) is 0 Å². The fraction of sp³-hybridized carbons (Fsp3) is 0.118. The molecule has 1 aliphatic heterocycles. The van der Waals surface area contributed by atoms with Crippen LogP contribution in [-0.4, -0.2) is 17.5 Å². The third-order valence-corrected chi connectivity index (χ3v) is 3.41. The Bertz CT molecular complexity index is 785. The molecular formula is C17H15N3O3. The molecule has 3 N–H and O–H groups in total. The number of amides is 2. The molecule has 1 heterocycles. The first kappa shape index (κ1) is 14.8. The monoisotopic (exact) mass is 309 g/mol. The van der Waals surface area contributed by atoms with Crippen molar-refractivity contribution in [3.05, 3.63) is 59.7 Å². The third kappa shape index (κ3) is 3.55. The highest BCUT2D eigenvalue weighted by atomic mass is 16.6. The summed E-state index contributed by atoms with van der Waals surface area (Å²) in [5.74, 6) is -0.0301. The Labute approximate surface area is 132 Å². The lowest BCUT2D eigenvalue weighted by Gasteiger charge is -2.06. The molecule has 0 saturated carbocycles. The molecule has 23 heavy (non-hydrogen) atoms. The number of primary amides is 1. The van der Waals surface area contributed by atoms with Crippen LogP contribution in [0.1, 0.15) is 17.5 Å². The van der Waals surface area contributed by atoms with Crippen molar-refractivity contribution >= 4 is 23.2 Å². The molecule has 0 saturated heterocycles. The van der Waals surface area contributed by atoms with E-state index in [1.165, 1.54) is 0 Å². The van der Waals surface area contributed by atoms with Crippen molar-refractivity contribution < 1.29 is 14.4 Å². The van der Waals surface area contributed by atoms with Gasteiger partial charge in [0.05, 0.1) is 18.6 Å². The maximum atomic E-state index is 11.4. The second-order valence-corrected chi connectivity index (χ2v) is 5.18. The molecule has 0 atom stereocenters. The van der Waals surface area contributed by atoms with Gasteiger partial charge in [-0.05, 0) is 29.3 Å². The van der Waals surface area contributed by atoms with E-state index in [9.17, 15) is 9.59 Å². The van der Waals surface area contributed by atoms with Crippen molar-refractivity contribution in [3.63, 3.8) is 0 Å². The van der Waals surface area contributed by atoms with Crippen LogP contribution >= 0.6 is 0 Å². The van der Waals surface area contributed by atoms with E-state index in [-0.39, 0.29) is 12.3 Å². The van der Waals surface area contributed by atoms with Crippen LogP contribution in [0.5, 0.6) is 5.75 Å². The minimum atomic E-state index is -0.486. The SMILES string of the molecule is NC(=O)C/C(=N\Oc1ccc2c(c1)CC(=O)N2)c1ccccc1. The average Bonchev–Trinajstić information content (AvgIpc) is 2.91. The number of nitrogens with zero attached hydrogens (tertiary/aromatic N) is 1. The maximum Gasteiger partial charge on any atom is 0.228 e. The van der Waals surface area contributed by atoms with Crippen LogP contribution in [0, 0.1) is 0 Å². The Morgan fingerprint density at radius 3 is 2.74 bits per heavy atom. The summed E-state index contributed by atoms with van der Waals surface area (Å²) in [6.45, 7) is 0. The van der Waals surface area contributed by atoms with Gasteiger partial charge in [0, 0.05) is 5.69 Å². The summed E-state index contributed by atoms with van der Waals surface area (Å²) in [4.78, 5) is 28.0. The number of nitrogens with two attached hydrogens (primary N) is 1. The minimum absolute atomic E-state index is 0.0189. The summed E-state index contributed by atoms with van der Waals surface area (Å²) < 4.78 is 0. The summed E-state index contributed by atoms with van der Waals surface area (Å²) in [7, 11) is 0. The molecule has 0 radical (unpaired) electrons. The zero-order valence-electron chi connectivity index (χ0n) is 12.3. The number of hydrogen-bond donors (Lipinski definition) is 2. The van der Waals surface area contributed by atoms with Gasteiger partial charge in [-0.25, -0.2) is 0 Å². The first-order chi connectivity index (χ1) is 11.1. The van der Waals surface area contributed by atoms with Crippen LogP contribution in [0.25, 0.3) is 0 Å². The number of rotatable bonds is 5. The van der Waals surface area contributed by atoms with Gasteiger partial charge in [0.25, 0.3) is 0 Å². The van der Waals surface area contributed by atoms with E-state index < -0.39 is 5.91 Å². The Morgan fingerprint density at radius 1 is 1.22 bits per heavy atom. The number of carbonyl (C=O) groups is 2. The predicted molar refractivity (Wildman–Crippen MR) is 86.2 cm³/mol. The van der Waals surface area contributed by atoms with Crippen LogP contribution in [-0.2, 0) is 16.0 Å². The Kier molecular flexibility index (Phi) is 4.05. The van der Waals surface area contributed by atoms with Gasteiger partial charge in [0.2, 0.25) is 11.8 Å². The van der Waals surface area contributed by atoms with Crippen molar-refractivity contribution in [1.29, 1.82) is 0 Å². The topological polar surface area (TPSA) is 93.8 Å². The maximum absolute atomic E-state index is 11.4. The predicted octanol–water partition coefficient (Wildman–Crippen LogP) is 1.84. The van der Waals surface area contributed by atoms with Crippen LogP contribution in [0.15, 0.2) is 53.7 Å². The molecule has 0 spiro atoms. The number of carbonyl (C=O) groups excluding carboxylic acids is 2. The number of anilines is 1. The molecule has 116 valence electrons. The summed E-state index contributed by atoms with van der Waals surface area (Å²) in [5, 5.41) is 6.81. The van der Waals surface area contributed by atoms with Gasteiger partial charge >= 0.3 is 0 Å². The molecule has 0 unspecified atom stereocenters. The standard InChI is InChI=1S/C17H15N3O3/c18-16(21)10-15(11-4-2-1-3-5-11)20-23-13-6-7-14-12(8-13)9-17(22)19-14/h1-8H,9-10H2,(H2,18,21)(H,19,22)/b20-15+. The highest BCUT2D eigenvalue weighted by molar-refractivity contribution is 6.10. The second kappa shape index (κ2) is 6.31. The van der Waals surface area contributed by atoms with E-state index in [2.05, 4.69) is 10.5 Å². The Balaban J connectivity index is 1.82. The van der Waals surface area contributed by atoms with Crippen LogP contribution in [0.2, 0.25) is 0 Å². The van der Waals surface area contributed by atoms with E-state index in [4.69, 9.17) is 10.6 Å². The summed E-state index contributed by atoms with van der Waals surface area (Å²) in [6, 6.07) is 14.5. The molecule has 2 amide bonds. The smallest absolute Gasteiger partial charge is 0.228 e. The second-order valence-electron chi connectivity index (χ2n) is 5.18. The third-order valence-electron chi connectivity index (χ3n) is 3.41. The molecule has 0 aliphatic carbocycles. The molecule has 6 heteroatoms. The highest BCUT2D eigenvalue weighted by Gasteiger charge is 2.18. The van der Waals surface area contributed by atoms with Crippen LogP contribution < -0.4 is 15.9 Å². The highest BCUT2D eigenvalue weighted by Crippen LogP contribution is 2.27. The molecule has 2 aromatic rings. The fourth-order valence-corrected chi connectivity index (χ4v) is 2.35. The van der Waals surface area contributed by atoms with E-state index in [0.29, 0.717) is 17.9 Å². The number of benzene rings is 2. The van der Waals surface area contributed by atoms with Crippen molar-refractivity contribution in [3.8, 4) is 5.75 Å². The minimum Gasteiger partial charge on any atom is -0.369 e. The van der Waals surface area contributed by atoms with Crippen LogP contribution in [0.3, 0.4) is 0 Å². The molecular weight excluding hydrogens is 294 g/mol. The van der Waals surface area contributed by atoms with Crippen molar-refractivity contribution in [2.45, 2.75) is 12.8 Å². The first-order valence-electron chi connectivity index (χ1n) is 7.12. The van der Waals surface area contributed by atoms with E-state index >= 15 is 0 Å². The largest absolute Gasteiger partial charge is 0.369 e. The molecule has 0 fully saturated rings. The van der Waals surface area contributed by atoms with E-state index in [0.717, 1.165) is 16.8 Å². The van der Waals surface area contributed by atoms with Gasteiger partial charge in [0.15, 0.2) is 5.75 Å². The van der Waals surface area contributed by atoms with Gasteiger partial charge in [-0.15, -0.1) is 0 Å². The number of nitrogens with one attached hydrogen (secondary N) is 1. The number of fused-ring (bicyclic) bond motifs is 1. The van der Waals surface area contributed by atoms with Gasteiger partial charge in [-0.3, -0.25) is 9.59 Å². The van der Waals surface area contributed by atoms with Gasteiger partial charge < -0.3 is 15.9 Å². The summed E-state index contributed by atoms with van der Waals surface area (Å²) >= 11 is 0. The summed E-state index contributed by atoms with van der Waals surface area (Å²) in [6.07, 6.45) is 0.304. The molecule has 3 rings (SSSR count). The van der Waals surface area contributed by atoms with E-state index in [1.54, 1.807) is 18.2 Å².